The molecule has 0 bridgehead atoms. The number of pyridine rings is 1. The molecule has 0 unspecified atom stereocenters. The molecule has 31 heavy (non-hydrogen) atoms. The summed E-state index contributed by atoms with van der Waals surface area (Å²) in [5, 5.41) is 14.0. The number of halogens is 1. The van der Waals surface area contributed by atoms with Crippen LogP contribution >= 0.6 is 11.6 Å². The fraction of sp³-hybridized carbons (Fsp3) is 0.348. The number of amides is 2. The van der Waals surface area contributed by atoms with Crippen LogP contribution in [-0.4, -0.2) is 57.0 Å². The Morgan fingerprint density at radius 2 is 2.03 bits per heavy atom. The van der Waals surface area contributed by atoms with Gasteiger partial charge in [-0.05, 0) is 49.1 Å². The van der Waals surface area contributed by atoms with Gasteiger partial charge in [0.1, 0.15) is 17.4 Å². The Hall–Kier alpha value is -2.90. The Balaban J connectivity index is 1.57. The van der Waals surface area contributed by atoms with Crippen LogP contribution in [0.5, 0.6) is 0 Å². The lowest BCUT2D eigenvalue weighted by molar-refractivity contribution is -0.135. The Bertz CT molecular complexity index is 1110. The molecule has 4 rings (SSSR count). The summed E-state index contributed by atoms with van der Waals surface area (Å²) in [6.07, 6.45) is 2.69. The number of rotatable bonds is 5. The number of piperidine rings is 1. The number of hydrogen-bond donors (Lipinski definition) is 3. The van der Waals surface area contributed by atoms with Crippen LogP contribution in [0.2, 0.25) is 5.02 Å². The molecule has 0 saturated carbocycles. The zero-order chi connectivity index (χ0) is 22.0. The van der Waals surface area contributed by atoms with Gasteiger partial charge in [-0.3, -0.25) is 9.59 Å². The number of aryl methyl sites for hydroxylation is 1. The Morgan fingerprint density at radius 3 is 2.77 bits per heavy atom. The third-order valence-electron chi connectivity index (χ3n) is 5.61. The first kappa shape index (κ1) is 21.3. The Kier molecular flexibility index (Phi) is 6.25. The van der Waals surface area contributed by atoms with Gasteiger partial charge in [-0.15, -0.1) is 0 Å². The van der Waals surface area contributed by atoms with Gasteiger partial charge in [-0.2, -0.15) is 0 Å². The third kappa shape index (κ3) is 4.89. The number of hydrogen-bond acceptors (Lipinski definition) is 4. The summed E-state index contributed by atoms with van der Waals surface area (Å²) in [7, 11) is 0. The van der Waals surface area contributed by atoms with Crippen LogP contribution in [0, 0.1) is 6.92 Å². The quantitative estimate of drug-likeness (QED) is 0.568. The molecule has 1 atom stereocenters. The average molecular weight is 441 g/mol. The van der Waals surface area contributed by atoms with E-state index in [1.807, 2.05) is 31.2 Å². The molecule has 1 aromatic carbocycles. The van der Waals surface area contributed by atoms with Crippen molar-refractivity contribution in [3.63, 3.8) is 0 Å². The first-order chi connectivity index (χ1) is 14.9. The molecule has 2 amide bonds. The van der Waals surface area contributed by atoms with Gasteiger partial charge < -0.3 is 20.3 Å². The zero-order valence-corrected chi connectivity index (χ0v) is 18.0. The summed E-state index contributed by atoms with van der Waals surface area (Å²) in [5.74, 6) is -0.552. The van der Waals surface area contributed by atoms with Crippen molar-refractivity contribution in [2.45, 2.75) is 38.3 Å². The van der Waals surface area contributed by atoms with Gasteiger partial charge >= 0.3 is 0 Å². The summed E-state index contributed by atoms with van der Waals surface area (Å²) in [5.41, 5.74) is 2.75. The number of aliphatic hydroxyl groups excluding tert-OH is 1. The van der Waals surface area contributed by atoms with E-state index in [-0.39, 0.29) is 24.3 Å². The number of aromatic amines is 1. The van der Waals surface area contributed by atoms with Crippen LogP contribution in [0.4, 0.5) is 0 Å². The highest BCUT2D eigenvalue weighted by Crippen LogP contribution is 2.20. The van der Waals surface area contributed by atoms with Crippen LogP contribution in [0.15, 0.2) is 42.6 Å². The summed E-state index contributed by atoms with van der Waals surface area (Å²) in [4.78, 5) is 35.3. The minimum absolute atomic E-state index is 0.176. The lowest BCUT2D eigenvalue weighted by Gasteiger charge is -2.32. The molecule has 1 fully saturated rings. The minimum atomic E-state index is -0.774. The molecule has 7 nitrogen and oxygen atoms in total. The number of nitrogens with one attached hydrogen (secondary N) is 2. The topological polar surface area (TPSA) is 98.3 Å². The number of aromatic nitrogens is 2. The van der Waals surface area contributed by atoms with E-state index in [1.54, 1.807) is 23.2 Å². The minimum Gasteiger partial charge on any atom is -0.393 e. The number of likely N-dealkylation sites (tertiary alicyclic amines) is 1. The van der Waals surface area contributed by atoms with Crippen molar-refractivity contribution in [2.75, 3.05) is 13.1 Å². The van der Waals surface area contributed by atoms with E-state index in [4.69, 9.17) is 11.6 Å². The monoisotopic (exact) mass is 440 g/mol. The van der Waals surface area contributed by atoms with E-state index in [9.17, 15) is 14.7 Å². The SMILES string of the molecule is Cc1cnc2[nH]c(C(=O)N[C@@H](Cc3ccccc3Cl)C(=O)N3CCC(O)CC3)cc2c1. The summed E-state index contributed by atoms with van der Waals surface area (Å²) in [6, 6.07) is 10.2. The van der Waals surface area contributed by atoms with Crippen LogP contribution in [0.25, 0.3) is 11.0 Å². The smallest absolute Gasteiger partial charge is 0.268 e. The van der Waals surface area contributed by atoms with Crippen molar-refractivity contribution >= 4 is 34.4 Å². The van der Waals surface area contributed by atoms with Crippen molar-refractivity contribution < 1.29 is 14.7 Å². The first-order valence-electron chi connectivity index (χ1n) is 10.4. The second-order valence-corrected chi connectivity index (χ2v) is 8.42. The highest BCUT2D eigenvalue weighted by atomic mass is 35.5. The molecule has 8 heteroatoms. The molecule has 3 aromatic rings. The van der Waals surface area contributed by atoms with E-state index < -0.39 is 6.04 Å². The Labute approximate surface area is 185 Å². The van der Waals surface area contributed by atoms with Crippen molar-refractivity contribution in [3.8, 4) is 0 Å². The van der Waals surface area contributed by atoms with Crippen LogP contribution in [-0.2, 0) is 11.2 Å². The molecule has 1 saturated heterocycles. The number of fused-ring (bicyclic) bond motifs is 1. The normalized spacial score (nSPS) is 15.8. The zero-order valence-electron chi connectivity index (χ0n) is 17.3. The van der Waals surface area contributed by atoms with Crippen molar-refractivity contribution in [1.82, 2.24) is 20.2 Å². The van der Waals surface area contributed by atoms with Gasteiger partial charge in [0.05, 0.1) is 6.10 Å². The van der Waals surface area contributed by atoms with Gasteiger partial charge in [0.25, 0.3) is 5.91 Å². The maximum atomic E-state index is 13.3. The van der Waals surface area contributed by atoms with E-state index in [1.165, 1.54) is 0 Å². The van der Waals surface area contributed by atoms with Crippen molar-refractivity contribution in [2.24, 2.45) is 0 Å². The molecular formula is C23H25ClN4O3. The molecule has 1 aliphatic rings. The second-order valence-electron chi connectivity index (χ2n) is 8.01. The van der Waals surface area contributed by atoms with E-state index in [2.05, 4.69) is 15.3 Å². The number of carbonyl (C=O) groups excluding carboxylic acids is 2. The van der Waals surface area contributed by atoms with Gasteiger partial charge in [0.15, 0.2) is 0 Å². The number of benzene rings is 1. The largest absolute Gasteiger partial charge is 0.393 e. The first-order valence-corrected chi connectivity index (χ1v) is 10.7. The average Bonchev–Trinajstić information content (AvgIpc) is 3.18. The molecule has 3 heterocycles. The Morgan fingerprint density at radius 1 is 1.29 bits per heavy atom. The molecule has 2 aromatic heterocycles. The molecule has 0 spiro atoms. The van der Waals surface area contributed by atoms with E-state index in [0.29, 0.717) is 42.3 Å². The van der Waals surface area contributed by atoms with Gasteiger partial charge in [-0.25, -0.2) is 4.98 Å². The van der Waals surface area contributed by atoms with Crippen LogP contribution in [0.3, 0.4) is 0 Å². The van der Waals surface area contributed by atoms with Crippen molar-refractivity contribution in [1.29, 1.82) is 0 Å². The predicted molar refractivity (Wildman–Crippen MR) is 119 cm³/mol. The number of carbonyl (C=O) groups is 2. The predicted octanol–water partition coefficient (Wildman–Crippen LogP) is 2.85. The summed E-state index contributed by atoms with van der Waals surface area (Å²) in [6.45, 7) is 2.86. The molecule has 0 aliphatic carbocycles. The maximum Gasteiger partial charge on any atom is 0.268 e. The second kappa shape index (κ2) is 9.08. The van der Waals surface area contributed by atoms with E-state index in [0.717, 1.165) is 16.5 Å². The molecule has 162 valence electrons. The fourth-order valence-electron chi connectivity index (χ4n) is 3.87. The van der Waals surface area contributed by atoms with E-state index >= 15 is 0 Å². The molecule has 1 aliphatic heterocycles. The van der Waals surface area contributed by atoms with Gasteiger partial charge in [0, 0.05) is 36.1 Å². The maximum absolute atomic E-state index is 13.3. The number of H-pyrrole nitrogens is 1. The molecule has 0 radical (unpaired) electrons. The van der Waals surface area contributed by atoms with Crippen LogP contribution in [0.1, 0.15) is 34.5 Å². The standard InChI is InChI=1S/C23H25ClN4O3/c1-14-10-16-12-19(26-21(16)25-13-14)22(30)27-20(11-15-4-2-3-5-18(15)24)23(31)28-8-6-17(29)7-9-28/h2-5,10,12-13,17,20,29H,6-9,11H2,1H3,(H,25,26)(H,27,30)/t20-/m0/s1. The summed E-state index contributed by atoms with van der Waals surface area (Å²) >= 11 is 6.31. The lowest BCUT2D eigenvalue weighted by atomic mass is 10.0. The van der Waals surface area contributed by atoms with Gasteiger partial charge in [-0.1, -0.05) is 29.8 Å². The highest BCUT2D eigenvalue weighted by molar-refractivity contribution is 6.31. The van der Waals surface area contributed by atoms with Crippen molar-refractivity contribution in [3.05, 3.63) is 64.4 Å². The highest BCUT2D eigenvalue weighted by Gasteiger charge is 2.30. The van der Waals surface area contributed by atoms with Crippen LogP contribution < -0.4 is 5.32 Å². The number of aliphatic hydroxyl groups is 1. The molecular weight excluding hydrogens is 416 g/mol. The summed E-state index contributed by atoms with van der Waals surface area (Å²) < 4.78 is 0. The lowest BCUT2D eigenvalue weighted by Crippen LogP contribution is -2.52. The number of nitrogens with zero attached hydrogens (tertiary/aromatic N) is 2. The third-order valence-corrected chi connectivity index (χ3v) is 5.98. The fourth-order valence-corrected chi connectivity index (χ4v) is 4.09. The van der Waals surface area contributed by atoms with Gasteiger partial charge in [0.2, 0.25) is 5.91 Å². The molecule has 3 N–H and O–H groups in total.